The molecule has 2 heterocycles. The maximum Gasteiger partial charge on any atom is 0.254 e. The van der Waals surface area contributed by atoms with Gasteiger partial charge in [-0.1, -0.05) is 0 Å². The number of nitrogens with one attached hydrogen (secondary N) is 2. The molecule has 0 spiro atoms. The van der Waals surface area contributed by atoms with Gasteiger partial charge in [0.1, 0.15) is 0 Å². The maximum atomic E-state index is 14.4. The van der Waals surface area contributed by atoms with Crippen LogP contribution in [0.2, 0.25) is 5.28 Å². The standard InChI is InChI=1S/C26H31ClFN7O3.H2O/c1-34-6-8-35(9-7-34)20-4-3-16(33-38)12-18(20)21(36)5-2-14-10-15-11-17(14)23(22(15)24(29)37)31-25-19(28)13-30-26(27)32-25;/h3-4,12-15,17,22-23H,2,5-11H2,1H3,(H2,29,37)(H,30,31,32);1H2/t14-,15-,17-,22+,23-;/m1./s1. The Morgan fingerprint density at radius 3 is 2.67 bits per heavy atom. The average Bonchev–Trinajstić information content (AvgIpc) is 3.48. The van der Waals surface area contributed by atoms with Crippen LogP contribution in [-0.2, 0) is 4.79 Å². The Labute approximate surface area is 230 Å². The number of carbonyl (C=O) groups is 2. The quantitative estimate of drug-likeness (QED) is 0.304. The number of nitrogens with two attached hydrogens (primary N) is 1. The van der Waals surface area contributed by atoms with Gasteiger partial charge in [0, 0.05) is 72.1 Å². The van der Waals surface area contributed by atoms with Gasteiger partial charge >= 0.3 is 0 Å². The van der Waals surface area contributed by atoms with Gasteiger partial charge in [-0.15, -0.1) is 0 Å². The van der Waals surface area contributed by atoms with E-state index in [1.807, 2.05) is 11.2 Å². The number of primary amides is 1. The van der Waals surface area contributed by atoms with E-state index in [0.717, 1.165) is 50.9 Å². The summed E-state index contributed by atoms with van der Waals surface area (Å²) >= 11 is 5.86. The van der Waals surface area contributed by atoms with Crippen molar-refractivity contribution in [3.8, 4) is 0 Å². The summed E-state index contributed by atoms with van der Waals surface area (Å²) in [4.78, 5) is 49.2. The number of benzene rings is 1. The van der Waals surface area contributed by atoms with E-state index in [1.165, 1.54) is 0 Å². The van der Waals surface area contributed by atoms with Crippen molar-refractivity contribution in [3.63, 3.8) is 0 Å². The first-order chi connectivity index (χ1) is 18.2. The van der Waals surface area contributed by atoms with Crippen molar-refractivity contribution in [2.75, 3.05) is 43.4 Å². The van der Waals surface area contributed by atoms with E-state index in [9.17, 15) is 18.9 Å². The maximum absolute atomic E-state index is 14.4. The van der Waals surface area contributed by atoms with E-state index in [0.29, 0.717) is 24.1 Å². The summed E-state index contributed by atoms with van der Waals surface area (Å²) in [6.07, 6.45) is 3.46. The molecule has 11 nitrogen and oxygen atoms in total. The number of nitrogens with zero attached hydrogens (tertiary/aromatic N) is 4. The van der Waals surface area contributed by atoms with Crippen LogP contribution >= 0.6 is 11.6 Å². The van der Waals surface area contributed by atoms with Crippen LogP contribution in [0.15, 0.2) is 24.4 Å². The van der Waals surface area contributed by atoms with Crippen molar-refractivity contribution in [1.29, 1.82) is 0 Å². The minimum Gasteiger partial charge on any atom is -0.870 e. The van der Waals surface area contributed by atoms with Crippen molar-refractivity contribution in [1.82, 2.24) is 14.9 Å². The molecule has 39 heavy (non-hydrogen) atoms. The van der Waals surface area contributed by atoms with E-state index in [1.54, 1.807) is 12.1 Å². The molecule has 0 radical (unpaired) electrons. The fraction of sp³-hybridized carbons (Fsp3) is 0.538. The monoisotopic (exact) mass is 561 g/mol. The van der Waals surface area contributed by atoms with E-state index in [4.69, 9.17) is 17.3 Å². The zero-order valence-electron chi connectivity index (χ0n) is 21.6. The van der Waals surface area contributed by atoms with Gasteiger partial charge in [0.05, 0.1) is 12.1 Å². The number of anilines is 2. The molecule has 210 valence electrons. The van der Waals surface area contributed by atoms with Gasteiger partial charge in [0.25, 0.3) is 5.69 Å². The van der Waals surface area contributed by atoms with Crippen LogP contribution in [0.4, 0.5) is 21.6 Å². The Bertz CT molecular complexity index is 1240. The van der Waals surface area contributed by atoms with Gasteiger partial charge in [-0.05, 0) is 61.7 Å². The number of carbonyl (C=O) groups excluding carboxylic acids is 2. The first-order valence-electron chi connectivity index (χ1n) is 13.0. The summed E-state index contributed by atoms with van der Waals surface area (Å²) < 4.78 is 14.4. The number of nitroso groups, excluding NO2 is 1. The van der Waals surface area contributed by atoms with Crippen LogP contribution in [0.1, 0.15) is 36.0 Å². The fourth-order valence-electron chi connectivity index (χ4n) is 6.63. The molecule has 3 aliphatic rings. The summed E-state index contributed by atoms with van der Waals surface area (Å²) in [5.41, 5.74) is 7.48. The van der Waals surface area contributed by atoms with Crippen molar-refractivity contribution in [2.24, 2.45) is 29.4 Å². The summed E-state index contributed by atoms with van der Waals surface area (Å²) in [6, 6.07) is 4.78. The molecule has 0 unspecified atom stereocenters. The lowest BCUT2D eigenvalue weighted by molar-refractivity contribution is -0.379. The third-order valence-corrected chi connectivity index (χ3v) is 8.67. The van der Waals surface area contributed by atoms with E-state index >= 15 is 0 Å². The van der Waals surface area contributed by atoms with Crippen LogP contribution in [0.5, 0.6) is 0 Å². The molecule has 2 saturated carbocycles. The number of amides is 1. The first kappa shape index (κ1) is 28.8. The molecule has 5 N–H and O–H groups in total. The van der Waals surface area contributed by atoms with Crippen LogP contribution in [0.25, 0.3) is 0 Å². The van der Waals surface area contributed by atoms with Gasteiger partial charge in [0.15, 0.2) is 17.4 Å². The van der Waals surface area contributed by atoms with Gasteiger partial charge in [-0.25, -0.2) is 9.37 Å². The lowest BCUT2D eigenvalue weighted by Gasteiger charge is -2.35. The smallest absolute Gasteiger partial charge is 0.254 e. The molecule has 2 bridgehead atoms. The molecule has 2 aliphatic carbocycles. The Kier molecular flexibility index (Phi) is 8.77. The normalized spacial score (nSPS) is 26.2. The number of ketones is 1. The van der Waals surface area contributed by atoms with Gasteiger partial charge in [-0.2, -0.15) is 4.98 Å². The van der Waals surface area contributed by atoms with Crippen molar-refractivity contribution < 1.29 is 24.6 Å². The third kappa shape index (κ3) is 5.87. The van der Waals surface area contributed by atoms with Crippen LogP contribution in [-0.4, -0.2) is 71.3 Å². The SMILES string of the molecule is CN1CCN(c2ccc([NH+]=O)cc2C(=O)CC[C@@H]2C[C@@H]3C[C@H]2[C@@H](Nc2nc(Cl)ncc2F)[C@H]3C(N)=O)CC1.[OH-]. The largest absolute Gasteiger partial charge is 0.870 e. The molecule has 1 aliphatic heterocycles. The second kappa shape index (κ2) is 11.9. The number of hydrogen-bond donors (Lipinski definition) is 3. The molecule has 1 aromatic heterocycles. The summed E-state index contributed by atoms with van der Waals surface area (Å²) in [7, 11) is 2.07. The number of aromatic nitrogens is 2. The summed E-state index contributed by atoms with van der Waals surface area (Å²) in [6.45, 7) is 3.40. The lowest BCUT2D eigenvalue weighted by atomic mass is 9.75. The average molecular weight is 562 g/mol. The Morgan fingerprint density at radius 1 is 1.23 bits per heavy atom. The molecular weight excluding hydrogens is 529 g/mol. The number of rotatable bonds is 9. The van der Waals surface area contributed by atoms with Crippen molar-refractivity contribution >= 4 is 40.5 Å². The number of fused-ring (bicyclic) bond motifs is 2. The van der Waals surface area contributed by atoms with Crippen molar-refractivity contribution in [3.05, 3.63) is 46.0 Å². The molecule has 1 amide bonds. The first-order valence-corrected chi connectivity index (χ1v) is 13.4. The fourth-order valence-corrected chi connectivity index (χ4v) is 6.77. The number of halogens is 2. The number of hydrogen-bond acceptors (Lipinski definition) is 9. The highest BCUT2D eigenvalue weighted by Crippen LogP contribution is 2.54. The molecule has 5 rings (SSSR count). The van der Waals surface area contributed by atoms with Gasteiger partial charge < -0.3 is 26.3 Å². The highest BCUT2D eigenvalue weighted by atomic mass is 35.5. The molecule has 2 aromatic rings. The predicted octanol–water partition coefficient (Wildman–Crippen LogP) is 1.52. The van der Waals surface area contributed by atoms with Gasteiger partial charge in [0.2, 0.25) is 11.2 Å². The topological polar surface area (TPSA) is 165 Å². The van der Waals surface area contributed by atoms with Crippen LogP contribution < -0.4 is 21.1 Å². The minimum absolute atomic E-state index is 0. The van der Waals surface area contributed by atoms with Gasteiger partial charge in [-0.3, -0.25) is 9.59 Å². The van der Waals surface area contributed by atoms with Crippen molar-refractivity contribution in [2.45, 2.75) is 31.7 Å². The highest BCUT2D eigenvalue weighted by molar-refractivity contribution is 6.28. The van der Waals surface area contributed by atoms with Crippen LogP contribution in [0.3, 0.4) is 0 Å². The highest BCUT2D eigenvalue weighted by Gasteiger charge is 2.54. The number of piperazine rings is 1. The molecule has 1 aromatic carbocycles. The molecule has 13 heteroatoms. The number of likely N-dealkylation sites (N-methyl/N-ethyl adjacent to an activating group) is 1. The van der Waals surface area contributed by atoms with E-state index < -0.39 is 23.7 Å². The minimum atomic E-state index is -0.657. The zero-order chi connectivity index (χ0) is 27.0. The van der Waals surface area contributed by atoms with E-state index in [2.05, 4.69) is 32.1 Å². The second-order valence-electron chi connectivity index (χ2n) is 10.7. The van der Waals surface area contributed by atoms with E-state index in [-0.39, 0.29) is 40.1 Å². The zero-order valence-corrected chi connectivity index (χ0v) is 22.4. The summed E-state index contributed by atoms with van der Waals surface area (Å²) in [5, 5.41) is 4.89. The second-order valence-corrected chi connectivity index (χ2v) is 11.0. The number of Topliss-reactive ketones (excluding diaryl/α,β-unsaturated/α-hetero) is 1. The third-order valence-electron chi connectivity index (χ3n) is 8.49. The Hall–Kier alpha value is -3.22. The molecule has 1 saturated heterocycles. The molecule has 3 fully saturated rings. The lowest BCUT2D eigenvalue weighted by Crippen LogP contribution is -2.55. The molecule has 5 atom stereocenters. The predicted molar refractivity (Wildman–Crippen MR) is 142 cm³/mol. The van der Waals surface area contributed by atoms with Crippen LogP contribution in [0, 0.1) is 34.4 Å². The Morgan fingerprint density at radius 2 is 1.97 bits per heavy atom. The molecular formula is C26H33ClFN7O4. The Balaban J connectivity index is 0.00000353. The summed E-state index contributed by atoms with van der Waals surface area (Å²) in [5.74, 6) is -1.37.